The fraction of sp³-hybridized carbons (Fsp3) is 0.529. The molecule has 0 unspecified atom stereocenters. The fourth-order valence-corrected chi connectivity index (χ4v) is 4.52. The number of benzene rings is 1. The standard InChI is InChI=1S/C17H25N3O4S/c1-13(2)19-16(21)12-18-17(22)15-10-6-7-11-20(15)25(23,24)14-8-4-3-5-9-14/h3-5,8-9,13,15H,6-7,10-12H2,1-2H3,(H,18,22)(H,19,21)/t15-/m0/s1. The predicted octanol–water partition coefficient (Wildman–Crippen LogP) is 0.871. The van der Waals surface area contributed by atoms with Gasteiger partial charge in [-0.05, 0) is 38.8 Å². The predicted molar refractivity (Wildman–Crippen MR) is 94.3 cm³/mol. The summed E-state index contributed by atoms with van der Waals surface area (Å²) in [6, 6.07) is 7.29. The summed E-state index contributed by atoms with van der Waals surface area (Å²) in [6.07, 6.45) is 1.93. The number of carbonyl (C=O) groups is 2. The molecule has 1 aliphatic heterocycles. The molecule has 1 aliphatic rings. The van der Waals surface area contributed by atoms with Gasteiger partial charge in [-0.25, -0.2) is 8.42 Å². The number of hydrogen-bond acceptors (Lipinski definition) is 4. The third-order valence-corrected chi connectivity index (χ3v) is 5.90. The Morgan fingerprint density at radius 1 is 1.20 bits per heavy atom. The van der Waals surface area contributed by atoms with Crippen LogP contribution in [-0.2, 0) is 19.6 Å². The second-order valence-electron chi connectivity index (χ2n) is 6.38. The first kappa shape index (κ1) is 19.4. The van der Waals surface area contributed by atoms with Crippen molar-refractivity contribution in [1.82, 2.24) is 14.9 Å². The smallest absolute Gasteiger partial charge is 0.243 e. The number of nitrogens with one attached hydrogen (secondary N) is 2. The second-order valence-corrected chi connectivity index (χ2v) is 8.27. The molecule has 1 aromatic carbocycles. The van der Waals surface area contributed by atoms with Gasteiger partial charge in [0.15, 0.2) is 0 Å². The highest BCUT2D eigenvalue weighted by Crippen LogP contribution is 2.25. The molecule has 0 aromatic heterocycles. The van der Waals surface area contributed by atoms with E-state index in [1.807, 2.05) is 13.8 Å². The van der Waals surface area contributed by atoms with Gasteiger partial charge in [0.2, 0.25) is 21.8 Å². The molecule has 0 bridgehead atoms. The molecule has 8 heteroatoms. The molecule has 138 valence electrons. The zero-order valence-corrected chi connectivity index (χ0v) is 15.4. The number of nitrogens with zero attached hydrogens (tertiary/aromatic N) is 1. The Kier molecular flexibility index (Phi) is 6.55. The van der Waals surface area contributed by atoms with Gasteiger partial charge in [0.25, 0.3) is 0 Å². The molecule has 25 heavy (non-hydrogen) atoms. The van der Waals surface area contributed by atoms with E-state index in [0.29, 0.717) is 19.4 Å². The molecule has 0 spiro atoms. The molecule has 0 aliphatic carbocycles. The lowest BCUT2D eigenvalue weighted by molar-refractivity contribution is -0.129. The summed E-state index contributed by atoms with van der Waals surface area (Å²) in [7, 11) is -3.74. The maximum Gasteiger partial charge on any atom is 0.243 e. The van der Waals surface area contributed by atoms with E-state index in [9.17, 15) is 18.0 Å². The van der Waals surface area contributed by atoms with Gasteiger partial charge in [-0.3, -0.25) is 9.59 Å². The lowest BCUT2D eigenvalue weighted by Gasteiger charge is -2.33. The molecule has 1 aromatic rings. The Labute approximate surface area is 148 Å². The number of hydrogen-bond donors (Lipinski definition) is 2. The van der Waals surface area contributed by atoms with E-state index >= 15 is 0 Å². The number of carbonyl (C=O) groups excluding carboxylic acids is 2. The van der Waals surface area contributed by atoms with Gasteiger partial charge < -0.3 is 10.6 Å². The molecule has 7 nitrogen and oxygen atoms in total. The van der Waals surface area contributed by atoms with Crippen molar-refractivity contribution < 1.29 is 18.0 Å². The van der Waals surface area contributed by atoms with Gasteiger partial charge in [-0.1, -0.05) is 24.6 Å². The van der Waals surface area contributed by atoms with Gasteiger partial charge in [-0.15, -0.1) is 0 Å². The fourth-order valence-electron chi connectivity index (χ4n) is 2.84. The van der Waals surface area contributed by atoms with Crippen LogP contribution >= 0.6 is 0 Å². The molecule has 2 rings (SSSR count). The van der Waals surface area contributed by atoms with Crippen molar-refractivity contribution in [3.8, 4) is 0 Å². The van der Waals surface area contributed by atoms with Crippen LogP contribution in [0, 0.1) is 0 Å². The molecular weight excluding hydrogens is 342 g/mol. The number of amides is 2. The van der Waals surface area contributed by atoms with E-state index in [-0.39, 0.29) is 23.4 Å². The lowest BCUT2D eigenvalue weighted by Crippen LogP contribution is -2.53. The van der Waals surface area contributed by atoms with E-state index in [4.69, 9.17) is 0 Å². The van der Waals surface area contributed by atoms with Crippen LogP contribution in [0.25, 0.3) is 0 Å². The van der Waals surface area contributed by atoms with Crippen molar-refractivity contribution in [2.45, 2.75) is 50.1 Å². The molecule has 2 amide bonds. The first-order valence-electron chi connectivity index (χ1n) is 8.46. The second kappa shape index (κ2) is 8.44. The maximum absolute atomic E-state index is 12.9. The normalized spacial score (nSPS) is 18.8. The van der Waals surface area contributed by atoms with Crippen molar-refractivity contribution in [2.24, 2.45) is 0 Å². The van der Waals surface area contributed by atoms with Crippen LogP contribution in [0.15, 0.2) is 35.2 Å². The van der Waals surface area contributed by atoms with E-state index in [1.165, 1.54) is 16.4 Å². The van der Waals surface area contributed by atoms with Crippen LogP contribution in [0.1, 0.15) is 33.1 Å². The van der Waals surface area contributed by atoms with E-state index in [1.54, 1.807) is 18.2 Å². The molecule has 1 fully saturated rings. The van der Waals surface area contributed by atoms with Gasteiger partial charge in [-0.2, -0.15) is 4.31 Å². The average molecular weight is 367 g/mol. The summed E-state index contributed by atoms with van der Waals surface area (Å²) >= 11 is 0. The van der Waals surface area contributed by atoms with E-state index < -0.39 is 22.0 Å². The topological polar surface area (TPSA) is 95.6 Å². The average Bonchev–Trinajstić information content (AvgIpc) is 2.60. The highest BCUT2D eigenvalue weighted by Gasteiger charge is 2.37. The molecule has 1 heterocycles. The van der Waals surface area contributed by atoms with Gasteiger partial charge >= 0.3 is 0 Å². The SMILES string of the molecule is CC(C)NC(=O)CNC(=O)[C@@H]1CCCCN1S(=O)(=O)c1ccccc1. The first-order chi connectivity index (χ1) is 11.8. The Morgan fingerprint density at radius 2 is 1.88 bits per heavy atom. The summed E-state index contributed by atoms with van der Waals surface area (Å²) in [4.78, 5) is 24.3. The number of piperidine rings is 1. The van der Waals surface area contributed by atoms with Crippen molar-refractivity contribution in [3.63, 3.8) is 0 Å². The van der Waals surface area contributed by atoms with Crippen LogP contribution < -0.4 is 10.6 Å². The zero-order valence-electron chi connectivity index (χ0n) is 14.6. The molecule has 1 saturated heterocycles. The molecule has 0 saturated carbocycles. The van der Waals surface area contributed by atoms with Crippen molar-refractivity contribution in [2.75, 3.05) is 13.1 Å². The third kappa shape index (κ3) is 5.02. The minimum Gasteiger partial charge on any atom is -0.352 e. The first-order valence-corrected chi connectivity index (χ1v) is 9.90. The zero-order chi connectivity index (χ0) is 18.4. The number of sulfonamides is 1. The van der Waals surface area contributed by atoms with Crippen molar-refractivity contribution in [3.05, 3.63) is 30.3 Å². The maximum atomic E-state index is 12.9. The molecular formula is C17H25N3O4S. The van der Waals surface area contributed by atoms with Crippen LogP contribution in [0.3, 0.4) is 0 Å². The Balaban J connectivity index is 2.10. The minimum atomic E-state index is -3.74. The van der Waals surface area contributed by atoms with Crippen LogP contribution in [0.4, 0.5) is 0 Å². The molecule has 0 radical (unpaired) electrons. The summed E-state index contributed by atoms with van der Waals surface area (Å²) in [6.45, 7) is 3.80. The Hall–Kier alpha value is -1.93. The third-order valence-electron chi connectivity index (χ3n) is 3.98. The van der Waals surface area contributed by atoms with Crippen molar-refractivity contribution >= 4 is 21.8 Å². The monoisotopic (exact) mass is 367 g/mol. The Morgan fingerprint density at radius 3 is 2.52 bits per heavy atom. The molecule has 1 atom stereocenters. The number of rotatable bonds is 6. The lowest BCUT2D eigenvalue weighted by atomic mass is 10.0. The largest absolute Gasteiger partial charge is 0.352 e. The van der Waals surface area contributed by atoms with Gasteiger partial charge in [0.1, 0.15) is 6.04 Å². The van der Waals surface area contributed by atoms with E-state index in [2.05, 4.69) is 10.6 Å². The summed E-state index contributed by atoms with van der Waals surface area (Å²) in [5.74, 6) is -0.727. The summed E-state index contributed by atoms with van der Waals surface area (Å²) in [5, 5.41) is 5.24. The molecule has 2 N–H and O–H groups in total. The van der Waals surface area contributed by atoms with Gasteiger partial charge in [0.05, 0.1) is 11.4 Å². The van der Waals surface area contributed by atoms with Crippen molar-refractivity contribution in [1.29, 1.82) is 0 Å². The Bertz CT molecular complexity index is 704. The van der Waals surface area contributed by atoms with Crippen LogP contribution in [0.2, 0.25) is 0 Å². The van der Waals surface area contributed by atoms with Crippen LogP contribution in [0.5, 0.6) is 0 Å². The van der Waals surface area contributed by atoms with Crippen LogP contribution in [-0.4, -0.2) is 49.7 Å². The summed E-state index contributed by atoms with van der Waals surface area (Å²) in [5.41, 5.74) is 0. The summed E-state index contributed by atoms with van der Waals surface area (Å²) < 4.78 is 27.0. The quantitative estimate of drug-likeness (QED) is 0.780. The van der Waals surface area contributed by atoms with E-state index in [0.717, 1.165) is 6.42 Å². The highest BCUT2D eigenvalue weighted by molar-refractivity contribution is 7.89. The highest BCUT2D eigenvalue weighted by atomic mass is 32.2. The minimum absolute atomic E-state index is 0.0194. The van der Waals surface area contributed by atoms with Gasteiger partial charge in [0, 0.05) is 12.6 Å².